The maximum atomic E-state index is 13.8. The number of aromatic nitrogens is 1. The maximum Gasteiger partial charge on any atom is 0.278 e. The number of amides is 1. The van der Waals surface area contributed by atoms with Gasteiger partial charge in [0.25, 0.3) is 5.91 Å². The number of nitrogens with one attached hydrogen (secondary N) is 1. The molecule has 0 saturated carbocycles. The highest BCUT2D eigenvalue weighted by Gasteiger charge is 2.21. The van der Waals surface area contributed by atoms with E-state index >= 15 is 0 Å². The fourth-order valence-electron chi connectivity index (χ4n) is 3.05. The topological polar surface area (TPSA) is 64.4 Å². The van der Waals surface area contributed by atoms with Gasteiger partial charge in [0.05, 0.1) is 5.56 Å². The largest absolute Gasteiger partial charge is 0.486 e. The lowest BCUT2D eigenvalue weighted by Gasteiger charge is -2.09. The number of nitrogens with zero attached hydrogens (tertiary/aromatic N) is 1. The molecule has 7 heteroatoms. The molecule has 0 saturated heterocycles. The van der Waals surface area contributed by atoms with E-state index in [2.05, 4.69) is 10.5 Å². The Bertz CT molecular complexity index is 1210. The molecule has 1 heterocycles. The molecule has 31 heavy (non-hydrogen) atoms. The zero-order chi connectivity index (χ0) is 21.8. The molecule has 0 aliphatic heterocycles. The summed E-state index contributed by atoms with van der Waals surface area (Å²) in [4.78, 5) is 12.7. The minimum absolute atomic E-state index is 0.0344. The molecule has 0 fully saturated rings. The lowest BCUT2D eigenvalue weighted by molar-refractivity contribution is 0.101. The second-order valence-electron chi connectivity index (χ2n) is 6.83. The summed E-state index contributed by atoms with van der Waals surface area (Å²) in [5.41, 5.74) is 3.09. The number of anilines is 1. The molecular formula is C24H18F2N2O3. The second kappa shape index (κ2) is 8.79. The Kier molecular flexibility index (Phi) is 5.75. The molecule has 1 amide bonds. The van der Waals surface area contributed by atoms with Gasteiger partial charge in [-0.1, -0.05) is 47.6 Å². The molecule has 0 atom stereocenters. The van der Waals surface area contributed by atoms with Crippen molar-refractivity contribution < 1.29 is 22.8 Å². The zero-order valence-electron chi connectivity index (χ0n) is 16.6. The molecule has 0 radical (unpaired) electrons. The minimum atomic E-state index is -0.835. The van der Waals surface area contributed by atoms with Gasteiger partial charge >= 0.3 is 0 Å². The standard InChI is InChI=1S/C24H18F2N2O3/c1-15-20(14-30-22-12-9-18(25)13-21(22)26)23(28-31-15)24(29)27-19-10-7-17(8-11-19)16-5-3-2-4-6-16/h2-13H,14H2,1H3,(H,27,29). The maximum absolute atomic E-state index is 13.8. The van der Waals surface area contributed by atoms with Crippen LogP contribution < -0.4 is 10.1 Å². The predicted octanol–water partition coefficient (Wildman–Crippen LogP) is 5.76. The van der Waals surface area contributed by atoms with Gasteiger partial charge in [-0.25, -0.2) is 8.78 Å². The Morgan fingerprint density at radius 1 is 1.00 bits per heavy atom. The minimum Gasteiger partial charge on any atom is -0.486 e. The number of hydrogen-bond acceptors (Lipinski definition) is 4. The summed E-state index contributed by atoms with van der Waals surface area (Å²) < 4.78 is 37.4. The van der Waals surface area contributed by atoms with E-state index in [1.165, 1.54) is 6.07 Å². The summed E-state index contributed by atoms with van der Waals surface area (Å²) in [5, 5.41) is 6.57. The van der Waals surface area contributed by atoms with Gasteiger partial charge in [0.1, 0.15) is 18.2 Å². The third-order valence-corrected chi connectivity index (χ3v) is 4.72. The molecule has 4 aromatic rings. The summed E-state index contributed by atoms with van der Waals surface area (Å²) in [6.07, 6.45) is 0. The summed E-state index contributed by atoms with van der Waals surface area (Å²) in [5.74, 6) is -1.79. The van der Waals surface area contributed by atoms with Crippen LogP contribution in [0.5, 0.6) is 5.75 Å². The van der Waals surface area contributed by atoms with Crippen molar-refractivity contribution in [3.05, 3.63) is 101 Å². The van der Waals surface area contributed by atoms with Crippen molar-refractivity contribution in [2.45, 2.75) is 13.5 Å². The van der Waals surface area contributed by atoms with Crippen LogP contribution in [0.2, 0.25) is 0 Å². The number of benzene rings is 3. The lowest BCUT2D eigenvalue weighted by atomic mass is 10.1. The summed E-state index contributed by atoms with van der Waals surface area (Å²) in [6.45, 7) is 1.46. The first-order valence-corrected chi connectivity index (χ1v) is 9.51. The van der Waals surface area contributed by atoms with E-state index < -0.39 is 17.5 Å². The van der Waals surface area contributed by atoms with Crippen LogP contribution >= 0.6 is 0 Å². The Morgan fingerprint density at radius 2 is 1.71 bits per heavy atom. The van der Waals surface area contributed by atoms with Crippen molar-refractivity contribution in [3.63, 3.8) is 0 Å². The van der Waals surface area contributed by atoms with Gasteiger partial charge in [-0.3, -0.25) is 4.79 Å². The van der Waals surface area contributed by atoms with Crippen LogP contribution in [-0.2, 0) is 6.61 Å². The first kappa shape index (κ1) is 20.3. The van der Waals surface area contributed by atoms with Gasteiger partial charge in [-0.2, -0.15) is 0 Å². The van der Waals surface area contributed by atoms with E-state index in [4.69, 9.17) is 9.26 Å². The van der Waals surface area contributed by atoms with Crippen molar-refractivity contribution in [1.29, 1.82) is 0 Å². The quantitative estimate of drug-likeness (QED) is 0.431. The van der Waals surface area contributed by atoms with E-state index in [0.717, 1.165) is 23.3 Å². The predicted molar refractivity (Wildman–Crippen MR) is 112 cm³/mol. The third kappa shape index (κ3) is 4.61. The van der Waals surface area contributed by atoms with Crippen LogP contribution in [0.1, 0.15) is 21.8 Å². The fraction of sp³-hybridized carbons (Fsp3) is 0.0833. The Labute approximate surface area is 177 Å². The molecule has 1 N–H and O–H groups in total. The summed E-state index contributed by atoms with van der Waals surface area (Å²) >= 11 is 0. The van der Waals surface area contributed by atoms with Gasteiger partial charge in [-0.15, -0.1) is 0 Å². The van der Waals surface area contributed by atoms with Crippen LogP contribution in [0.25, 0.3) is 11.1 Å². The van der Waals surface area contributed by atoms with Gasteiger partial charge in [0.2, 0.25) is 0 Å². The monoisotopic (exact) mass is 420 g/mol. The van der Waals surface area contributed by atoms with Crippen LogP contribution in [-0.4, -0.2) is 11.1 Å². The van der Waals surface area contributed by atoms with Gasteiger partial charge in [-0.05, 0) is 42.3 Å². The normalized spacial score (nSPS) is 10.7. The molecule has 5 nitrogen and oxygen atoms in total. The van der Waals surface area contributed by atoms with Crippen molar-refractivity contribution in [2.24, 2.45) is 0 Å². The highest BCUT2D eigenvalue weighted by atomic mass is 19.1. The van der Waals surface area contributed by atoms with Crippen molar-refractivity contribution >= 4 is 11.6 Å². The van der Waals surface area contributed by atoms with Crippen LogP contribution in [0.3, 0.4) is 0 Å². The number of rotatable bonds is 6. The highest BCUT2D eigenvalue weighted by molar-refractivity contribution is 6.04. The second-order valence-corrected chi connectivity index (χ2v) is 6.83. The zero-order valence-corrected chi connectivity index (χ0v) is 16.6. The fourth-order valence-corrected chi connectivity index (χ4v) is 3.05. The van der Waals surface area contributed by atoms with Gasteiger partial charge in [0.15, 0.2) is 17.3 Å². The number of halogens is 2. The molecule has 0 aliphatic carbocycles. The first-order chi connectivity index (χ1) is 15.0. The Morgan fingerprint density at radius 3 is 2.42 bits per heavy atom. The van der Waals surface area contributed by atoms with E-state index in [0.29, 0.717) is 17.0 Å². The molecule has 0 bridgehead atoms. The van der Waals surface area contributed by atoms with Crippen molar-refractivity contribution in [3.8, 4) is 16.9 Å². The van der Waals surface area contributed by atoms with Crippen LogP contribution in [0, 0.1) is 18.6 Å². The third-order valence-electron chi connectivity index (χ3n) is 4.72. The summed E-state index contributed by atoms with van der Waals surface area (Å²) in [7, 11) is 0. The molecular weight excluding hydrogens is 402 g/mol. The number of ether oxygens (including phenoxy) is 1. The number of carbonyl (C=O) groups is 1. The highest BCUT2D eigenvalue weighted by Crippen LogP contribution is 2.24. The first-order valence-electron chi connectivity index (χ1n) is 9.51. The smallest absolute Gasteiger partial charge is 0.278 e. The van der Waals surface area contributed by atoms with E-state index in [1.54, 1.807) is 19.1 Å². The molecule has 0 spiro atoms. The van der Waals surface area contributed by atoms with E-state index in [9.17, 15) is 13.6 Å². The van der Waals surface area contributed by atoms with E-state index in [1.807, 2.05) is 42.5 Å². The van der Waals surface area contributed by atoms with Crippen LogP contribution in [0.4, 0.5) is 14.5 Å². The molecule has 156 valence electrons. The number of carbonyl (C=O) groups excluding carboxylic acids is 1. The Hall–Kier alpha value is -4.00. The van der Waals surface area contributed by atoms with Crippen molar-refractivity contribution in [2.75, 3.05) is 5.32 Å². The molecule has 0 aliphatic rings. The van der Waals surface area contributed by atoms with Gasteiger partial charge < -0.3 is 14.6 Å². The number of aryl methyl sites for hydroxylation is 1. The molecule has 3 aromatic carbocycles. The molecule has 4 rings (SSSR count). The molecule has 0 unspecified atom stereocenters. The Balaban J connectivity index is 1.47. The lowest BCUT2D eigenvalue weighted by Crippen LogP contribution is -2.15. The summed E-state index contributed by atoms with van der Waals surface area (Å²) in [6, 6.07) is 20.2. The SMILES string of the molecule is Cc1onc(C(=O)Nc2ccc(-c3ccccc3)cc2)c1COc1ccc(F)cc1F. The van der Waals surface area contributed by atoms with Crippen LogP contribution in [0.15, 0.2) is 77.3 Å². The van der Waals surface area contributed by atoms with E-state index in [-0.39, 0.29) is 18.1 Å². The van der Waals surface area contributed by atoms with Crippen molar-refractivity contribution in [1.82, 2.24) is 5.16 Å². The average molecular weight is 420 g/mol. The average Bonchev–Trinajstić information content (AvgIpc) is 3.15. The van der Waals surface area contributed by atoms with Gasteiger partial charge in [0, 0.05) is 11.8 Å². The number of hydrogen-bond donors (Lipinski definition) is 1. The molecule has 1 aromatic heterocycles.